The molecular formula is C17H23ClN2O. The van der Waals surface area contributed by atoms with E-state index in [1.807, 2.05) is 6.07 Å². The van der Waals surface area contributed by atoms with Crippen LogP contribution < -0.4 is 10.6 Å². The third kappa shape index (κ3) is 4.08. The second-order valence-electron chi connectivity index (χ2n) is 5.69. The van der Waals surface area contributed by atoms with E-state index >= 15 is 0 Å². The topological polar surface area (TPSA) is 41.1 Å². The van der Waals surface area contributed by atoms with Crippen molar-refractivity contribution >= 4 is 18.3 Å². The summed E-state index contributed by atoms with van der Waals surface area (Å²) in [4.78, 5) is 12.2. The number of benzene rings is 1. The predicted molar refractivity (Wildman–Crippen MR) is 88.2 cm³/mol. The molecule has 1 aliphatic carbocycles. The van der Waals surface area contributed by atoms with Crippen LogP contribution in [0.5, 0.6) is 0 Å². The van der Waals surface area contributed by atoms with Crippen molar-refractivity contribution in [2.45, 2.75) is 32.1 Å². The number of carbonyl (C=O) groups excluding carboxylic acids is 1. The molecule has 1 amide bonds. The number of amides is 1. The van der Waals surface area contributed by atoms with E-state index < -0.39 is 0 Å². The van der Waals surface area contributed by atoms with Crippen molar-refractivity contribution in [3.63, 3.8) is 0 Å². The van der Waals surface area contributed by atoms with Gasteiger partial charge in [-0.15, -0.1) is 12.4 Å². The molecule has 0 radical (unpaired) electrons. The first kappa shape index (κ1) is 16.1. The molecule has 2 aliphatic rings. The lowest BCUT2D eigenvalue weighted by molar-refractivity contribution is 0.0956. The van der Waals surface area contributed by atoms with Gasteiger partial charge in [0.05, 0.1) is 0 Å². The monoisotopic (exact) mass is 306 g/mol. The molecule has 0 aromatic heterocycles. The van der Waals surface area contributed by atoms with Gasteiger partial charge in [-0.25, -0.2) is 0 Å². The van der Waals surface area contributed by atoms with Gasteiger partial charge in [-0.1, -0.05) is 17.7 Å². The van der Waals surface area contributed by atoms with Crippen LogP contribution in [0.2, 0.25) is 0 Å². The zero-order chi connectivity index (χ0) is 13.8. The van der Waals surface area contributed by atoms with Crippen LogP contribution in [-0.2, 0) is 12.8 Å². The van der Waals surface area contributed by atoms with Gasteiger partial charge in [0.2, 0.25) is 0 Å². The average molecular weight is 307 g/mol. The van der Waals surface area contributed by atoms with Crippen molar-refractivity contribution in [2.24, 2.45) is 0 Å². The van der Waals surface area contributed by atoms with E-state index in [0.717, 1.165) is 37.9 Å². The Labute approximate surface area is 132 Å². The quantitative estimate of drug-likeness (QED) is 0.843. The van der Waals surface area contributed by atoms with Crippen molar-refractivity contribution < 1.29 is 4.79 Å². The summed E-state index contributed by atoms with van der Waals surface area (Å²) in [5, 5.41) is 6.32. The van der Waals surface area contributed by atoms with E-state index in [1.54, 1.807) is 0 Å². The molecule has 0 atom stereocenters. The Bertz CT molecular complexity index is 540. The Morgan fingerprint density at radius 3 is 2.71 bits per heavy atom. The lowest BCUT2D eigenvalue weighted by atomic mass is 9.90. The summed E-state index contributed by atoms with van der Waals surface area (Å²) in [5.74, 6) is 0.0535. The maximum absolute atomic E-state index is 12.2. The maximum atomic E-state index is 12.2. The minimum Gasteiger partial charge on any atom is -0.348 e. The third-order valence-electron chi connectivity index (χ3n) is 4.24. The summed E-state index contributed by atoms with van der Waals surface area (Å²) >= 11 is 0. The number of fused-ring (bicyclic) bond motifs is 1. The number of hydrogen-bond donors (Lipinski definition) is 2. The molecule has 2 N–H and O–H groups in total. The maximum Gasteiger partial charge on any atom is 0.251 e. The van der Waals surface area contributed by atoms with Crippen LogP contribution in [0.3, 0.4) is 0 Å². The van der Waals surface area contributed by atoms with Crippen molar-refractivity contribution in [1.29, 1.82) is 0 Å². The molecule has 1 aliphatic heterocycles. The normalized spacial score (nSPS) is 17.2. The van der Waals surface area contributed by atoms with Crippen LogP contribution in [0.1, 0.15) is 40.7 Å². The fraction of sp³-hybridized carbons (Fsp3) is 0.471. The van der Waals surface area contributed by atoms with Gasteiger partial charge in [-0.2, -0.15) is 0 Å². The molecule has 4 heteroatoms. The van der Waals surface area contributed by atoms with E-state index in [2.05, 4.69) is 28.8 Å². The number of halogens is 1. The highest BCUT2D eigenvalue weighted by Gasteiger charge is 2.13. The largest absolute Gasteiger partial charge is 0.348 e. The fourth-order valence-corrected chi connectivity index (χ4v) is 3.00. The van der Waals surface area contributed by atoms with Crippen molar-refractivity contribution in [3.8, 4) is 0 Å². The smallest absolute Gasteiger partial charge is 0.251 e. The summed E-state index contributed by atoms with van der Waals surface area (Å²) in [7, 11) is 0. The molecular weight excluding hydrogens is 284 g/mol. The van der Waals surface area contributed by atoms with Gasteiger partial charge in [-0.05, 0) is 61.9 Å². The van der Waals surface area contributed by atoms with E-state index in [9.17, 15) is 4.79 Å². The molecule has 1 heterocycles. The Morgan fingerprint density at radius 2 is 1.95 bits per heavy atom. The average Bonchev–Trinajstić information content (AvgIpc) is 2.53. The van der Waals surface area contributed by atoms with Gasteiger partial charge >= 0.3 is 0 Å². The van der Waals surface area contributed by atoms with Gasteiger partial charge in [0, 0.05) is 18.7 Å². The molecule has 0 saturated carbocycles. The summed E-state index contributed by atoms with van der Waals surface area (Å²) in [6.45, 7) is 2.61. The fourth-order valence-electron chi connectivity index (χ4n) is 3.00. The lowest BCUT2D eigenvalue weighted by Crippen LogP contribution is -2.29. The van der Waals surface area contributed by atoms with Crippen LogP contribution in [-0.4, -0.2) is 25.5 Å². The second kappa shape index (κ2) is 7.62. The summed E-state index contributed by atoms with van der Waals surface area (Å²) < 4.78 is 0. The first-order chi connectivity index (χ1) is 9.83. The van der Waals surface area contributed by atoms with Crippen molar-refractivity contribution in [3.05, 3.63) is 46.5 Å². The molecule has 1 aromatic carbocycles. The van der Waals surface area contributed by atoms with Crippen molar-refractivity contribution in [2.75, 3.05) is 19.6 Å². The van der Waals surface area contributed by atoms with Crippen LogP contribution in [0.25, 0.3) is 0 Å². The zero-order valence-corrected chi connectivity index (χ0v) is 13.1. The molecule has 1 aromatic rings. The number of carbonyl (C=O) groups is 1. The van der Waals surface area contributed by atoms with Crippen LogP contribution >= 0.6 is 12.4 Å². The van der Waals surface area contributed by atoms with E-state index in [-0.39, 0.29) is 18.3 Å². The van der Waals surface area contributed by atoms with Crippen LogP contribution in [0.4, 0.5) is 0 Å². The van der Waals surface area contributed by atoms with Crippen molar-refractivity contribution in [1.82, 2.24) is 10.6 Å². The molecule has 0 spiro atoms. The zero-order valence-electron chi connectivity index (χ0n) is 12.3. The summed E-state index contributed by atoms with van der Waals surface area (Å²) in [6.07, 6.45) is 8.02. The highest BCUT2D eigenvalue weighted by atomic mass is 35.5. The number of hydrogen-bond acceptors (Lipinski definition) is 2. The van der Waals surface area contributed by atoms with Crippen LogP contribution in [0, 0.1) is 0 Å². The Balaban J connectivity index is 0.00000161. The van der Waals surface area contributed by atoms with Gasteiger partial charge in [0.1, 0.15) is 0 Å². The lowest BCUT2D eigenvalue weighted by Gasteiger charge is -2.17. The first-order valence-electron chi connectivity index (χ1n) is 7.61. The van der Waals surface area contributed by atoms with Crippen LogP contribution in [0.15, 0.2) is 29.8 Å². The molecule has 0 fully saturated rings. The van der Waals surface area contributed by atoms with Gasteiger partial charge in [0.25, 0.3) is 5.91 Å². The summed E-state index contributed by atoms with van der Waals surface area (Å²) in [5.41, 5.74) is 4.93. The highest BCUT2D eigenvalue weighted by molar-refractivity contribution is 5.94. The molecule has 0 unspecified atom stereocenters. The minimum atomic E-state index is 0. The van der Waals surface area contributed by atoms with Gasteiger partial charge in [0.15, 0.2) is 0 Å². The van der Waals surface area contributed by atoms with E-state index in [1.165, 1.54) is 29.5 Å². The minimum absolute atomic E-state index is 0. The third-order valence-corrected chi connectivity index (χ3v) is 4.24. The van der Waals surface area contributed by atoms with E-state index in [0.29, 0.717) is 6.54 Å². The second-order valence-corrected chi connectivity index (χ2v) is 5.69. The molecule has 3 nitrogen and oxygen atoms in total. The standard InChI is InChI=1S/C17H22N2O.ClH/c20-17(19-12-13-7-9-18-10-8-13)16-6-5-14-3-1-2-4-15(14)11-16;/h5-7,11,18H,1-4,8-10,12H2,(H,19,20);1H. The Morgan fingerprint density at radius 1 is 1.14 bits per heavy atom. The number of aryl methyl sites for hydroxylation is 2. The molecule has 3 rings (SSSR count). The molecule has 0 saturated heterocycles. The predicted octanol–water partition coefficient (Wildman–Crippen LogP) is 2.64. The van der Waals surface area contributed by atoms with E-state index in [4.69, 9.17) is 0 Å². The number of rotatable bonds is 3. The summed E-state index contributed by atoms with van der Waals surface area (Å²) in [6, 6.07) is 6.18. The first-order valence-corrected chi connectivity index (χ1v) is 7.61. The Hall–Kier alpha value is -1.32. The molecule has 21 heavy (non-hydrogen) atoms. The molecule has 114 valence electrons. The molecule has 0 bridgehead atoms. The SMILES string of the molecule is Cl.O=C(NCC1=CCNCC1)c1ccc2c(c1)CCCC2. The highest BCUT2D eigenvalue weighted by Crippen LogP contribution is 2.22. The van der Waals surface area contributed by atoms with Gasteiger partial charge in [-0.3, -0.25) is 4.79 Å². The number of nitrogens with one attached hydrogen (secondary N) is 2. The van der Waals surface area contributed by atoms with Gasteiger partial charge < -0.3 is 10.6 Å². The Kier molecular flexibility index (Phi) is 5.83.